The molecule has 0 amide bonds. The van der Waals surface area contributed by atoms with E-state index in [9.17, 15) is 5.11 Å². The number of nitrogens with zero attached hydrogens (tertiary/aromatic N) is 3. The van der Waals surface area contributed by atoms with Crippen LogP contribution in [0.15, 0.2) is 64.2 Å². The smallest absolute Gasteiger partial charge is 0.172 e. The molecule has 0 radical (unpaired) electrons. The maximum atomic E-state index is 9.92. The highest BCUT2D eigenvalue weighted by molar-refractivity contribution is 9.10. The number of benzene rings is 3. The number of hydrogen-bond donors (Lipinski definition) is 1. The van der Waals surface area contributed by atoms with Crippen molar-refractivity contribution in [1.29, 1.82) is 0 Å². The first-order valence-corrected chi connectivity index (χ1v) is 10.5. The predicted molar refractivity (Wildman–Crippen MR) is 121 cm³/mol. The van der Waals surface area contributed by atoms with E-state index < -0.39 is 0 Å². The average Bonchev–Trinajstić information content (AvgIpc) is 2.75. The van der Waals surface area contributed by atoms with Crippen LogP contribution in [-0.4, -0.2) is 54.5 Å². The van der Waals surface area contributed by atoms with E-state index in [-0.39, 0.29) is 5.75 Å². The zero-order valence-electron chi connectivity index (χ0n) is 16.4. The lowest BCUT2D eigenvalue weighted by molar-refractivity contribution is 0.131. The number of ether oxygens (including phenoxy) is 1. The van der Waals surface area contributed by atoms with E-state index in [0.29, 0.717) is 10.2 Å². The van der Waals surface area contributed by atoms with Gasteiger partial charge >= 0.3 is 0 Å². The number of fused-ring (bicyclic) bond motifs is 1. The van der Waals surface area contributed by atoms with E-state index in [1.54, 1.807) is 6.07 Å². The summed E-state index contributed by atoms with van der Waals surface area (Å²) < 4.78 is 5.79. The van der Waals surface area contributed by atoms with Gasteiger partial charge in [0.25, 0.3) is 0 Å². The standard InChI is InChI=1S/C23H24BrN3O2/c1-29-22-14-17(13-21(24)23(22)28)15-25-27-11-9-26(10-12-27)16-19-7-4-6-18-5-2-3-8-20(18)19/h2-8,13-15,28H,9-12,16H2,1H3/b25-15+. The molecule has 1 fully saturated rings. The lowest BCUT2D eigenvalue weighted by Crippen LogP contribution is -2.43. The zero-order valence-corrected chi connectivity index (χ0v) is 18.0. The maximum Gasteiger partial charge on any atom is 0.172 e. The molecular weight excluding hydrogens is 430 g/mol. The van der Waals surface area contributed by atoms with Gasteiger partial charge in [-0.05, 0) is 50.0 Å². The third-order valence-electron chi connectivity index (χ3n) is 5.26. The van der Waals surface area contributed by atoms with Crippen molar-refractivity contribution in [2.24, 2.45) is 5.10 Å². The molecule has 0 atom stereocenters. The van der Waals surface area contributed by atoms with Crippen molar-refractivity contribution in [1.82, 2.24) is 9.91 Å². The number of hydrazone groups is 1. The van der Waals surface area contributed by atoms with E-state index in [2.05, 4.69) is 73.4 Å². The van der Waals surface area contributed by atoms with Gasteiger partial charge in [-0.3, -0.25) is 9.91 Å². The van der Waals surface area contributed by atoms with Gasteiger partial charge in [-0.2, -0.15) is 5.10 Å². The molecule has 3 aromatic rings. The van der Waals surface area contributed by atoms with Crippen molar-refractivity contribution in [3.05, 3.63) is 70.2 Å². The molecule has 0 spiro atoms. The highest BCUT2D eigenvalue weighted by Crippen LogP contribution is 2.34. The second-order valence-electron chi connectivity index (χ2n) is 7.17. The van der Waals surface area contributed by atoms with E-state index in [4.69, 9.17) is 4.74 Å². The Labute approximate surface area is 179 Å². The zero-order chi connectivity index (χ0) is 20.2. The van der Waals surface area contributed by atoms with Gasteiger partial charge in [-0.25, -0.2) is 0 Å². The van der Waals surface area contributed by atoms with Crippen molar-refractivity contribution in [3.8, 4) is 11.5 Å². The fourth-order valence-electron chi connectivity index (χ4n) is 3.65. The normalized spacial score (nSPS) is 15.3. The Bertz CT molecular complexity index is 1020. The fraction of sp³-hybridized carbons (Fsp3) is 0.261. The topological polar surface area (TPSA) is 48.3 Å². The van der Waals surface area contributed by atoms with E-state index in [1.807, 2.05) is 12.3 Å². The first-order valence-electron chi connectivity index (χ1n) is 9.68. The van der Waals surface area contributed by atoms with Crippen LogP contribution in [-0.2, 0) is 6.54 Å². The van der Waals surface area contributed by atoms with Crippen LogP contribution in [0.4, 0.5) is 0 Å². The Kier molecular flexibility index (Phi) is 6.02. The number of halogens is 1. The molecular formula is C23H24BrN3O2. The minimum Gasteiger partial charge on any atom is -0.503 e. The molecule has 1 saturated heterocycles. The second-order valence-corrected chi connectivity index (χ2v) is 8.02. The number of aromatic hydroxyl groups is 1. The lowest BCUT2D eigenvalue weighted by Gasteiger charge is -2.33. The summed E-state index contributed by atoms with van der Waals surface area (Å²) in [5.41, 5.74) is 2.26. The van der Waals surface area contributed by atoms with Gasteiger partial charge in [0, 0.05) is 32.7 Å². The maximum absolute atomic E-state index is 9.92. The summed E-state index contributed by atoms with van der Waals surface area (Å²) in [7, 11) is 1.54. The summed E-state index contributed by atoms with van der Waals surface area (Å²) in [4.78, 5) is 2.48. The Morgan fingerprint density at radius 1 is 1.07 bits per heavy atom. The van der Waals surface area contributed by atoms with Crippen LogP contribution in [0, 0.1) is 0 Å². The number of hydrogen-bond acceptors (Lipinski definition) is 5. The molecule has 6 heteroatoms. The fourth-order valence-corrected chi connectivity index (χ4v) is 4.11. The Morgan fingerprint density at radius 2 is 1.83 bits per heavy atom. The lowest BCUT2D eigenvalue weighted by atomic mass is 10.0. The molecule has 1 aliphatic heterocycles. The highest BCUT2D eigenvalue weighted by atomic mass is 79.9. The number of methoxy groups -OCH3 is 1. The van der Waals surface area contributed by atoms with Crippen LogP contribution in [0.3, 0.4) is 0 Å². The number of rotatable bonds is 5. The summed E-state index contributed by atoms with van der Waals surface area (Å²) in [6.07, 6.45) is 1.81. The molecule has 0 bridgehead atoms. The number of phenols is 1. The summed E-state index contributed by atoms with van der Waals surface area (Å²) in [5, 5.41) is 19.3. The average molecular weight is 454 g/mol. The molecule has 3 aromatic carbocycles. The van der Waals surface area contributed by atoms with Gasteiger partial charge in [0.2, 0.25) is 0 Å². The Balaban J connectivity index is 1.37. The molecule has 0 aliphatic carbocycles. The highest BCUT2D eigenvalue weighted by Gasteiger charge is 2.16. The van der Waals surface area contributed by atoms with E-state index in [1.165, 1.54) is 23.4 Å². The molecule has 0 unspecified atom stereocenters. The molecule has 29 heavy (non-hydrogen) atoms. The molecule has 4 rings (SSSR count). The molecule has 0 aromatic heterocycles. The van der Waals surface area contributed by atoms with Crippen molar-refractivity contribution < 1.29 is 9.84 Å². The number of phenolic OH excluding ortho intramolecular Hbond substituents is 1. The van der Waals surface area contributed by atoms with Gasteiger partial charge in [0.05, 0.1) is 17.8 Å². The quantitative estimate of drug-likeness (QED) is 0.579. The monoisotopic (exact) mass is 453 g/mol. The van der Waals surface area contributed by atoms with E-state index >= 15 is 0 Å². The van der Waals surface area contributed by atoms with Gasteiger partial charge in [0.15, 0.2) is 11.5 Å². The summed E-state index contributed by atoms with van der Waals surface area (Å²) >= 11 is 3.35. The van der Waals surface area contributed by atoms with E-state index in [0.717, 1.165) is 38.3 Å². The summed E-state index contributed by atoms with van der Waals surface area (Å²) in [6.45, 7) is 4.68. The summed E-state index contributed by atoms with van der Waals surface area (Å²) in [6, 6.07) is 18.7. The largest absolute Gasteiger partial charge is 0.503 e. The number of piperazine rings is 1. The molecule has 1 heterocycles. The van der Waals surface area contributed by atoms with Crippen LogP contribution >= 0.6 is 15.9 Å². The predicted octanol–water partition coefficient (Wildman–Crippen LogP) is 4.47. The minimum absolute atomic E-state index is 0.103. The Morgan fingerprint density at radius 3 is 2.62 bits per heavy atom. The van der Waals surface area contributed by atoms with Gasteiger partial charge in [-0.15, -0.1) is 0 Å². The molecule has 5 nitrogen and oxygen atoms in total. The second kappa shape index (κ2) is 8.84. The van der Waals surface area contributed by atoms with Crippen LogP contribution < -0.4 is 4.74 Å². The van der Waals surface area contributed by atoms with Gasteiger partial charge in [-0.1, -0.05) is 42.5 Å². The molecule has 0 saturated carbocycles. The van der Waals surface area contributed by atoms with Crippen LogP contribution in [0.1, 0.15) is 11.1 Å². The van der Waals surface area contributed by atoms with Crippen molar-refractivity contribution in [2.45, 2.75) is 6.54 Å². The third kappa shape index (κ3) is 4.54. The van der Waals surface area contributed by atoms with Crippen LogP contribution in [0.2, 0.25) is 0 Å². The molecule has 1 aliphatic rings. The van der Waals surface area contributed by atoms with Crippen LogP contribution in [0.5, 0.6) is 11.5 Å². The minimum atomic E-state index is 0.103. The van der Waals surface area contributed by atoms with Crippen LogP contribution in [0.25, 0.3) is 10.8 Å². The summed E-state index contributed by atoms with van der Waals surface area (Å²) in [5.74, 6) is 0.535. The molecule has 1 N–H and O–H groups in total. The SMILES string of the molecule is COc1cc(/C=N/N2CCN(Cc3cccc4ccccc34)CC2)cc(Br)c1O. The van der Waals surface area contributed by atoms with Gasteiger partial charge < -0.3 is 9.84 Å². The third-order valence-corrected chi connectivity index (χ3v) is 5.87. The first-order chi connectivity index (χ1) is 14.1. The molecule has 150 valence electrons. The van der Waals surface area contributed by atoms with Crippen molar-refractivity contribution >= 4 is 32.9 Å². The van der Waals surface area contributed by atoms with Crippen molar-refractivity contribution in [2.75, 3.05) is 33.3 Å². The Hall–Kier alpha value is -2.57. The van der Waals surface area contributed by atoms with Crippen molar-refractivity contribution in [3.63, 3.8) is 0 Å². The first kappa shape index (κ1) is 19.7. The van der Waals surface area contributed by atoms with Gasteiger partial charge in [0.1, 0.15) is 0 Å².